The molecule has 7 heteroatoms. The summed E-state index contributed by atoms with van der Waals surface area (Å²) in [5.74, 6) is -0.398. The minimum absolute atomic E-state index is 0.0876. The number of sulfone groups is 1. The highest BCUT2D eigenvalue weighted by atomic mass is 35.5. The number of fused-ring (bicyclic) bond motifs is 4. The molecule has 0 spiro atoms. The molecule has 2 aliphatic rings. The van der Waals surface area contributed by atoms with Crippen LogP contribution in [0, 0.1) is 0 Å². The molecule has 1 saturated heterocycles. The van der Waals surface area contributed by atoms with Gasteiger partial charge in [0.15, 0.2) is 20.8 Å². The zero-order valence-electron chi connectivity index (χ0n) is 13.4. The third-order valence-electron chi connectivity index (χ3n) is 4.75. The number of amides is 1. The van der Waals surface area contributed by atoms with E-state index < -0.39 is 32.6 Å². The molecule has 25 heavy (non-hydrogen) atoms. The van der Waals surface area contributed by atoms with Gasteiger partial charge in [0.05, 0.1) is 4.90 Å². The van der Waals surface area contributed by atoms with E-state index in [9.17, 15) is 13.2 Å². The summed E-state index contributed by atoms with van der Waals surface area (Å²) in [6.07, 6.45) is 0.396. The monoisotopic (exact) mass is 377 g/mol. The topological polar surface area (TPSA) is 72.5 Å². The Morgan fingerprint density at radius 1 is 1.16 bits per heavy atom. The third-order valence-corrected chi connectivity index (χ3v) is 7.14. The fourth-order valence-corrected chi connectivity index (χ4v) is 5.63. The summed E-state index contributed by atoms with van der Waals surface area (Å²) < 4.78 is 32.3. The zero-order valence-corrected chi connectivity index (χ0v) is 15.0. The van der Waals surface area contributed by atoms with Gasteiger partial charge in [-0.25, -0.2) is 8.42 Å². The van der Waals surface area contributed by atoms with Crippen LogP contribution in [0.3, 0.4) is 0 Å². The van der Waals surface area contributed by atoms with E-state index in [0.29, 0.717) is 17.2 Å². The number of para-hydroxylation sites is 1. The highest BCUT2D eigenvalue weighted by Gasteiger charge is 2.53. The first-order valence-corrected chi connectivity index (χ1v) is 9.82. The summed E-state index contributed by atoms with van der Waals surface area (Å²) in [6, 6.07) is 13.2. The Labute approximate surface area is 150 Å². The average molecular weight is 378 g/mol. The molecule has 0 aromatic heterocycles. The van der Waals surface area contributed by atoms with Crippen molar-refractivity contribution >= 4 is 27.3 Å². The number of piperidine rings is 1. The molecule has 2 aromatic carbocycles. The number of nitrogens with one attached hydrogen (secondary N) is 1. The maximum absolute atomic E-state index is 13.2. The number of rotatable bonds is 2. The van der Waals surface area contributed by atoms with Crippen molar-refractivity contribution in [1.82, 2.24) is 5.32 Å². The maximum atomic E-state index is 13.2. The van der Waals surface area contributed by atoms with Crippen LogP contribution in [-0.2, 0) is 14.6 Å². The Bertz CT molecular complexity index is 957. The van der Waals surface area contributed by atoms with Gasteiger partial charge in [-0.3, -0.25) is 4.79 Å². The predicted molar refractivity (Wildman–Crippen MR) is 93.4 cm³/mol. The van der Waals surface area contributed by atoms with E-state index in [-0.39, 0.29) is 4.90 Å². The number of hydrogen-bond donors (Lipinski definition) is 1. The highest BCUT2D eigenvalue weighted by Crippen LogP contribution is 2.46. The molecule has 3 atom stereocenters. The predicted octanol–water partition coefficient (Wildman–Crippen LogP) is 2.89. The lowest BCUT2D eigenvalue weighted by Gasteiger charge is -2.46. The van der Waals surface area contributed by atoms with Gasteiger partial charge >= 0.3 is 0 Å². The van der Waals surface area contributed by atoms with Crippen LogP contribution in [0.15, 0.2) is 53.4 Å². The molecule has 1 N–H and O–H groups in total. The summed E-state index contributed by atoms with van der Waals surface area (Å²) in [5.41, 5.74) is -0.153. The van der Waals surface area contributed by atoms with Gasteiger partial charge in [-0.1, -0.05) is 29.8 Å². The van der Waals surface area contributed by atoms with Crippen molar-refractivity contribution in [3.63, 3.8) is 0 Å². The van der Waals surface area contributed by atoms with E-state index in [2.05, 4.69) is 5.32 Å². The average Bonchev–Trinajstić information content (AvgIpc) is 2.54. The number of carbonyl (C=O) groups is 1. The van der Waals surface area contributed by atoms with Crippen molar-refractivity contribution in [2.75, 3.05) is 0 Å². The Morgan fingerprint density at radius 2 is 1.84 bits per heavy atom. The second-order valence-corrected chi connectivity index (χ2v) is 9.10. The normalized spacial score (nSPS) is 27.8. The minimum Gasteiger partial charge on any atom is -0.468 e. The van der Waals surface area contributed by atoms with Crippen LogP contribution in [0.25, 0.3) is 0 Å². The molecule has 2 heterocycles. The zero-order chi connectivity index (χ0) is 17.8. The molecule has 0 saturated carbocycles. The van der Waals surface area contributed by atoms with E-state index in [1.165, 1.54) is 24.3 Å². The Kier molecular flexibility index (Phi) is 3.60. The molecule has 0 aliphatic carbocycles. The van der Waals surface area contributed by atoms with Crippen LogP contribution < -0.4 is 10.1 Å². The van der Waals surface area contributed by atoms with Crippen LogP contribution in [0.2, 0.25) is 5.02 Å². The molecule has 2 aliphatic heterocycles. The number of ether oxygens (including phenoxy) is 1. The molecule has 1 fully saturated rings. The van der Waals surface area contributed by atoms with Gasteiger partial charge in [0.1, 0.15) is 5.75 Å². The molecule has 5 nitrogen and oxygen atoms in total. The van der Waals surface area contributed by atoms with Crippen LogP contribution in [0.1, 0.15) is 24.8 Å². The smallest absolute Gasteiger partial charge is 0.242 e. The molecular formula is C18H16ClNO4S. The first-order chi connectivity index (χ1) is 11.8. The Balaban J connectivity index is 1.85. The van der Waals surface area contributed by atoms with Crippen molar-refractivity contribution in [3.8, 4) is 5.75 Å². The summed E-state index contributed by atoms with van der Waals surface area (Å²) in [4.78, 5) is 12.8. The molecular weight excluding hydrogens is 362 g/mol. The van der Waals surface area contributed by atoms with Crippen LogP contribution in [-0.4, -0.2) is 25.3 Å². The standard InChI is InChI=1S/C18H16ClNO4S/c1-18-10-14(13-4-2-3-5-15(13)24-18)16(17(21)20-18)25(22,23)12-8-6-11(19)7-9-12/h2-9,14,16H,10H2,1H3,(H,20,21). The fraction of sp³-hybridized carbons (Fsp3) is 0.278. The van der Waals surface area contributed by atoms with Crippen molar-refractivity contribution in [2.24, 2.45) is 0 Å². The number of halogens is 1. The van der Waals surface area contributed by atoms with Gasteiger partial charge < -0.3 is 10.1 Å². The van der Waals surface area contributed by atoms with Crippen molar-refractivity contribution in [3.05, 3.63) is 59.1 Å². The van der Waals surface area contributed by atoms with Crippen molar-refractivity contribution in [1.29, 1.82) is 0 Å². The number of carbonyl (C=O) groups excluding carboxylic acids is 1. The van der Waals surface area contributed by atoms with Crippen molar-refractivity contribution in [2.45, 2.75) is 35.1 Å². The van der Waals surface area contributed by atoms with Crippen LogP contribution >= 0.6 is 11.6 Å². The Hall–Kier alpha value is -2.05. The number of benzene rings is 2. The number of hydrogen-bond acceptors (Lipinski definition) is 4. The van der Waals surface area contributed by atoms with E-state index in [1.54, 1.807) is 13.0 Å². The first-order valence-electron chi connectivity index (χ1n) is 7.90. The van der Waals surface area contributed by atoms with Gasteiger partial charge in [-0.05, 0) is 42.8 Å². The SMILES string of the molecule is CC12CC(c3ccccc3O1)C(S(=O)(=O)c1ccc(Cl)cc1)C(=O)N2. The lowest BCUT2D eigenvalue weighted by Crippen LogP contribution is -2.63. The first kappa shape index (κ1) is 16.4. The molecule has 0 radical (unpaired) electrons. The lowest BCUT2D eigenvalue weighted by molar-refractivity contribution is -0.132. The maximum Gasteiger partial charge on any atom is 0.242 e. The van der Waals surface area contributed by atoms with Gasteiger partial charge in [0.25, 0.3) is 0 Å². The molecule has 2 bridgehead atoms. The molecule has 2 aromatic rings. The van der Waals surface area contributed by atoms with Gasteiger partial charge in [-0.15, -0.1) is 0 Å². The van der Waals surface area contributed by atoms with Gasteiger partial charge in [0.2, 0.25) is 5.91 Å². The summed E-state index contributed by atoms with van der Waals surface area (Å²) in [7, 11) is -3.87. The van der Waals surface area contributed by atoms with E-state index >= 15 is 0 Å². The summed E-state index contributed by atoms with van der Waals surface area (Å²) in [6.45, 7) is 1.76. The van der Waals surface area contributed by atoms with E-state index in [4.69, 9.17) is 16.3 Å². The third kappa shape index (κ3) is 2.60. The van der Waals surface area contributed by atoms with E-state index in [0.717, 1.165) is 5.56 Å². The van der Waals surface area contributed by atoms with Gasteiger partial charge in [0, 0.05) is 17.4 Å². The van der Waals surface area contributed by atoms with Crippen LogP contribution in [0.5, 0.6) is 5.75 Å². The molecule has 130 valence electrons. The van der Waals surface area contributed by atoms with Gasteiger partial charge in [-0.2, -0.15) is 0 Å². The quantitative estimate of drug-likeness (QED) is 0.873. The minimum atomic E-state index is -3.87. The van der Waals surface area contributed by atoms with Crippen molar-refractivity contribution < 1.29 is 17.9 Å². The lowest BCUT2D eigenvalue weighted by atomic mass is 9.81. The Morgan fingerprint density at radius 3 is 2.56 bits per heavy atom. The largest absolute Gasteiger partial charge is 0.468 e. The summed E-state index contributed by atoms with van der Waals surface area (Å²) >= 11 is 5.85. The second-order valence-electron chi connectivity index (χ2n) is 6.59. The molecule has 4 rings (SSSR count). The highest BCUT2D eigenvalue weighted by molar-refractivity contribution is 7.92. The summed E-state index contributed by atoms with van der Waals surface area (Å²) in [5, 5.41) is 1.97. The van der Waals surface area contributed by atoms with E-state index in [1.807, 2.05) is 18.2 Å². The molecule has 1 amide bonds. The fourth-order valence-electron chi connectivity index (χ4n) is 3.68. The van der Waals surface area contributed by atoms with Crippen LogP contribution in [0.4, 0.5) is 0 Å². The second kappa shape index (κ2) is 5.47. The molecule has 3 unspecified atom stereocenters.